The minimum Gasteiger partial charge on any atom is -0.497 e. The number of ether oxygens (including phenoxy) is 2. The van der Waals surface area contributed by atoms with Gasteiger partial charge < -0.3 is 9.47 Å². The van der Waals surface area contributed by atoms with Gasteiger partial charge in [0.2, 0.25) is 0 Å². The Bertz CT molecular complexity index is 1140. The number of aryl methyl sites for hydroxylation is 2. The second-order valence-corrected chi connectivity index (χ2v) is 9.16. The van der Waals surface area contributed by atoms with Crippen molar-refractivity contribution in [2.45, 2.75) is 18.7 Å². The number of benzene rings is 1. The monoisotopic (exact) mass is 435 g/mol. The van der Waals surface area contributed by atoms with Crippen molar-refractivity contribution < 1.29 is 22.7 Å². The zero-order valence-corrected chi connectivity index (χ0v) is 18.3. The van der Waals surface area contributed by atoms with Crippen LogP contribution < -0.4 is 13.8 Å². The largest absolute Gasteiger partial charge is 0.497 e. The van der Waals surface area contributed by atoms with Crippen molar-refractivity contribution in [3.05, 3.63) is 52.0 Å². The number of methoxy groups -OCH3 is 2. The summed E-state index contributed by atoms with van der Waals surface area (Å²) < 4.78 is 39.4. The number of sulfonamides is 1. The van der Waals surface area contributed by atoms with Crippen LogP contribution in [-0.2, 0) is 10.0 Å². The fourth-order valence-electron chi connectivity index (χ4n) is 2.85. The maximum Gasteiger partial charge on any atom is 0.289 e. The second-order valence-electron chi connectivity index (χ2n) is 6.30. The van der Waals surface area contributed by atoms with E-state index in [9.17, 15) is 13.2 Å². The highest BCUT2D eigenvalue weighted by Crippen LogP contribution is 2.33. The molecular weight excluding hydrogens is 414 g/mol. The van der Waals surface area contributed by atoms with Crippen LogP contribution in [0, 0.1) is 13.8 Å². The van der Waals surface area contributed by atoms with Gasteiger partial charge in [0.05, 0.1) is 25.6 Å². The average Bonchev–Trinajstić information content (AvgIpc) is 3.33. The molecule has 2 heterocycles. The van der Waals surface area contributed by atoms with Gasteiger partial charge in [-0.25, -0.2) is 13.1 Å². The minimum absolute atomic E-state index is 0.0793. The number of hydrogen-bond acceptors (Lipinski definition) is 7. The summed E-state index contributed by atoms with van der Waals surface area (Å²) in [5, 5.41) is 5.75. The normalized spacial score (nSPS) is 11.3. The van der Waals surface area contributed by atoms with Gasteiger partial charge in [0, 0.05) is 30.9 Å². The first-order valence-electron chi connectivity index (χ1n) is 8.56. The van der Waals surface area contributed by atoms with Crippen LogP contribution in [0.2, 0.25) is 0 Å². The third-order valence-corrected chi connectivity index (χ3v) is 7.22. The number of nitrogens with zero attached hydrogens (tertiary/aromatic N) is 3. The van der Waals surface area contributed by atoms with Crippen molar-refractivity contribution in [2.75, 3.05) is 25.6 Å². The van der Waals surface area contributed by atoms with E-state index in [4.69, 9.17) is 9.47 Å². The topological polar surface area (TPSA) is 90.7 Å². The molecule has 29 heavy (non-hydrogen) atoms. The standard InChI is InChI=1S/C19H21N3O5S2/c1-12-8-13(2)22(20-12)19(23)18-17(6-7-28-18)29(24,25)21(3)14-9-15(26-4)11-16(10-14)27-5/h6-11H,1-5H3. The second kappa shape index (κ2) is 7.88. The zero-order chi connectivity index (χ0) is 21.3. The molecule has 0 aliphatic rings. The molecule has 0 atom stereocenters. The molecule has 2 aromatic heterocycles. The molecule has 0 saturated carbocycles. The van der Waals surface area contributed by atoms with Crippen molar-refractivity contribution in [3.63, 3.8) is 0 Å². The van der Waals surface area contributed by atoms with Gasteiger partial charge in [-0.2, -0.15) is 5.10 Å². The lowest BCUT2D eigenvalue weighted by Gasteiger charge is -2.21. The number of hydrogen-bond donors (Lipinski definition) is 0. The molecule has 0 bridgehead atoms. The highest BCUT2D eigenvalue weighted by molar-refractivity contribution is 7.93. The molecule has 8 nitrogen and oxygen atoms in total. The summed E-state index contributed by atoms with van der Waals surface area (Å²) in [6.45, 7) is 3.52. The Morgan fingerprint density at radius 2 is 1.72 bits per heavy atom. The van der Waals surface area contributed by atoms with Gasteiger partial charge >= 0.3 is 0 Å². The molecule has 0 amide bonds. The van der Waals surface area contributed by atoms with Crippen molar-refractivity contribution in [3.8, 4) is 11.5 Å². The summed E-state index contributed by atoms with van der Waals surface area (Å²) in [4.78, 5) is 13.0. The average molecular weight is 436 g/mol. The molecule has 10 heteroatoms. The van der Waals surface area contributed by atoms with Crippen molar-refractivity contribution in [1.29, 1.82) is 0 Å². The van der Waals surface area contributed by atoms with E-state index in [2.05, 4.69) is 5.10 Å². The highest BCUT2D eigenvalue weighted by atomic mass is 32.2. The van der Waals surface area contributed by atoms with Crippen molar-refractivity contribution in [2.24, 2.45) is 0 Å². The number of anilines is 1. The highest BCUT2D eigenvalue weighted by Gasteiger charge is 2.30. The first-order chi connectivity index (χ1) is 13.7. The predicted octanol–water partition coefficient (Wildman–Crippen LogP) is 3.09. The number of carbonyl (C=O) groups excluding carboxylic acids is 1. The third-order valence-electron chi connectivity index (χ3n) is 4.36. The fraction of sp³-hybridized carbons (Fsp3) is 0.263. The van der Waals surface area contributed by atoms with Crippen molar-refractivity contribution >= 4 is 33.0 Å². The van der Waals surface area contributed by atoms with Crippen molar-refractivity contribution in [1.82, 2.24) is 9.78 Å². The Hall–Kier alpha value is -2.85. The Kier molecular flexibility index (Phi) is 5.67. The quantitative estimate of drug-likeness (QED) is 0.591. The lowest BCUT2D eigenvalue weighted by atomic mass is 10.3. The molecule has 0 unspecified atom stereocenters. The van der Waals surface area contributed by atoms with Crippen LogP contribution in [0.25, 0.3) is 0 Å². The minimum atomic E-state index is -4.02. The maximum absolute atomic E-state index is 13.3. The molecule has 0 aliphatic heterocycles. The Labute approximate surface area is 173 Å². The van der Waals surface area contributed by atoms with Gasteiger partial charge in [0.25, 0.3) is 15.9 Å². The molecule has 1 aromatic carbocycles. The first kappa shape index (κ1) is 20.9. The lowest BCUT2D eigenvalue weighted by molar-refractivity contribution is 0.0943. The molecule has 3 aromatic rings. The van der Waals surface area contributed by atoms with E-state index in [1.54, 1.807) is 43.5 Å². The van der Waals surface area contributed by atoms with Gasteiger partial charge in [-0.05, 0) is 31.4 Å². The van der Waals surface area contributed by atoms with Gasteiger partial charge in [-0.15, -0.1) is 11.3 Å². The summed E-state index contributed by atoms with van der Waals surface area (Å²) in [5.41, 5.74) is 1.66. The van der Waals surface area contributed by atoms with Crippen LogP contribution in [0.4, 0.5) is 5.69 Å². The Balaban J connectivity index is 2.04. The van der Waals surface area contributed by atoms with Crippen LogP contribution in [-0.4, -0.2) is 45.4 Å². The third kappa shape index (κ3) is 3.85. The number of rotatable bonds is 6. The molecular formula is C19H21N3O5S2. The zero-order valence-electron chi connectivity index (χ0n) is 16.7. The number of thiophene rings is 1. The molecule has 0 aliphatic carbocycles. The SMILES string of the molecule is COc1cc(OC)cc(N(C)S(=O)(=O)c2ccsc2C(=O)n2nc(C)cc2C)c1. The molecule has 0 radical (unpaired) electrons. The van der Waals surface area contributed by atoms with Gasteiger partial charge in [0.1, 0.15) is 21.3 Å². The van der Waals surface area contributed by atoms with E-state index in [0.717, 1.165) is 15.6 Å². The van der Waals surface area contributed by atoms with Crippen LogP contribution in [0.1, 0.15) is 21.1 Å². The van der Waals surface area contributed by atoms with Crippen LogP contribution in [0.3, 0.4) is 0 Å². The molecule has 154 valence electrons. The van der Waals surface area contributed by atoms with Crippen LogP contribution in [0.15, 0.2) is 40.6 Å². The Morgan fingerprint density at radius 3 is 2.24 bits per heavy atom. The summed E-state index contributed by atoms with van der Waals surface area (Å²) in [5.74, 6) is 0.414. The summed E-state index contributed by atoms with van der Waals surface area (Å²) in [6, 6.07) is 7.98. The smallest absolute Gasteiger partial charge is 0.289 e. The van der Waals surface area contributed by atoms with Gasteiger partial charge in [-0.3, -0.25) is 9.10 Å². The molecule has 0 fully saturated rings. The van der Waals surface area contributed by atoms with Crippen LogP contribution in [0.5, 0.6) is 11.5 Å². The van der Waals surface area contributed by atoms with E-state index >= 15 is 0 Å². The van der Waals surface area contributed by atoms with E-state index < -0.39 is 15.9 Å². The molecule has 0 N–H and O–H groups in total. The fourth-order valence-corrected chi connectivity index (χ4v) is 5.35. The Morgan fingerprint density at radius 1 is 1.10 bits per heavy atom. The molecule has 3 rings (SSSR count). The van der Waals surface area contributed by atoms with E-state index in [1.165, 1.54) is 32.0 Å². The summed E-state index contributed by atoms with van der Waals surface area (Å²) >= 11 is 1.06. The maximum atomic E-state index is 13.3. The molecule has 0 spiro atoms. The number of carbonyl (C=O) groups is 1. The summed E-state index contributed by atoms with van der Waals surface area (Å²) in [6.07, 6.45) is 0. The van der Waals surface area contributed by atoms with Gasteiger partial charge in [0.15, 0.2) is 0 Å². The summed E-state index contributed by atoms with van der Waals surface area (Å²) in [7, 11) is 0.364. The van der Waals surface area contributed by atoms with E-state index in [1.807, 2.05) is 0 Å². The predicted molar refractivity (Wildman–Crippen MR) is 111 cm³/mol. The molecule has 0 saturated heterocycles. The van der Waals surface area contributed by atoms with E-state index in [0.29, 0.717) is 28.6 Å². The van der Waals surface area contributed by atoms with Gasteiger partial charge in [-0.1, -0.05) is 0 Å². The number of aromatic nitrogens is 2. The van der Waals surface area contributed by atoms with Crippen LogP contribution >= 0.6 is 11.3 Å². The first-order valence-corrected chi connectivity index (χ1v) is 10.9. The lowest BCUT2D eigenvalue weighted by Crippen LogP contribution is -2.28. The van der Waals surface area contributed by atoms with E-state index in [-0.39, 0.29) is 9.77 Å².